The largest absolute Gasteiger partial charge is 1.00 e. The van der Waals surface area contributed by atoms with Gasteiger partial charge >= 0.3 is 138 Å². The predicted molar refractivity (Wildman–Crippen MR) is 24.4 cm³/mol. The SMILES string of the molecule is O=P([O-])(O)O.O=S(=O)([O-])O.[Cs+].[Cs+]. The summed E-state index contributed by atoms with van der Waals surface area (Å²) >= 11 is 0. The van der Waals surface area contributed by atoms with E-state index in [4.69, 9.17) is 36.8 Å². The van der Waals surface area contributed by atoms with Crippen molar-refractivity contribution >= 4 is 18.2 Å². The molecule has 0 bridgehead atoms. The fraction of sp³-hybridized carbons (Fsp3) is 0. The molecule has 0 aromatic heterocycles. The Morgan fingerprint density at radius 3 is 1.17 bits per heavy atom. The average molecular weight is 460 g/mol. The molecule has 0 aliphatic carbocycles. The maximum atomic E-state index is 8.77. The van der Waals surface area contributed by atoms with Crippen LogP contribution in [0.1, 0.15) is 0 Å². The van der Waals surface area contributed by atoms with Crippen molar-refractivity contribution < 1.29 is 175 Å². The molecule has 12 heteroatoms. The summed E-state index contributed by atoms with van der Waals surface area (Å²) in [5.41, 5.74) is 0. The molecule has 0 saturated carbocycles. The molecule has 0 saturated heterocycles. The Bertz CT molecular complexity index is 195. The van der Waals surface area contributed by atoms with Gasteiger partial charge in [-0.2, -0.15) is 0 Å². The van der Waals surface area contributed by atoms with Crippen molar-refractivity contribution in [1.29, 1.82) is 0 Å². The quantitative estimate of drug-likeness (QED) is 0.183. The van der Waals surface area contributed by atoms with Crippen LogP contribution in [0.3, 0.4) is 0 Å². The maximum Gasteiger partial charge on any atom is 1.00 e. The standard InChI is InChI=1S/2Cs.H3O4P.H2O4S/c;;2*1-5(2,3)4/h;;(H3,1,2,3,4);(H2,1,2,3,4)/q2*+1;;/p-2. The van der Waals surface area contributed by atoms with E-state index >= 15 is 0 Å². The van der Waals surface area contributed by atoms with Gasteiger partial charge < -0.3 is 19.2 Å². The van der Waals surface area contributed by atoms with Crippen LogP contribution in [0, 0.1) is 0 Å². The van der Waals surface area contributed by atoms with E-state index in [2.05, 4.69) is 0 Å². The monoisotopic (exact) mass is 460 g/mol. The molecule has 3 N–H and O–H groups in total. The minimum atomic E-state index is -4.92. The zero-order valence-corrected chi connectivity index (χ0v) is 20.5. The number of phosphoric acid groups is 1. The normalized spacial score (nSPS) is 9.75. The Kier molecular flexibility index (Phi) is 24.2. The average Bonchev–Trinajstić information content (AvgIpc) is 1.12. The van der Waals surface area contributed by atoms with Gasteiger partial charge in [0, 0.05) is 0 Å². The van der Waals surface area contributed by atoms with Gasteiger partial charge in [-0.1, -0.05) is 0 Å². The van der Waals surface area contributed by atoms with E-state index < -0.39 is 18.2 Å². The molecule has 0 aromatic carbocycles. The fourth-order valence-corrected chi connectivity index (χ4v) is 0. The molecule has 0 radical (unpaired) electrons. The molecule has 0 unspecified atom stereocenters. The van der Waals surface area contributed by atoms with Crippen LogP contribution in [0.15, 0.2) is 0 Å². The van der Waals surface area contributed by atoms with Gasteiger partial charge in [0.25, 0.3) is 7.82 Å². The van der Waals surface area contributed by atoms with Crippen molar-refractivity contribution in [2.75, 3.05) is 0 Å². The van der Waals surface area contributed by atoms with Gasteiger partial charge in [-0.15, -0.1) is 0 Å². The third kappa shape index (κ3) is 145. The van der Waals surface area contributed by atoms with Gasteiger partial charge in [-0.05, 0) is 0 Å². The molecule has 0 spiro atoms. The molecule has 0 heterocycles. The van der Waals surface area contributed by atoms with Gasteiger partial charge in [-0.3, -0.25) is 9.12 Å². The third-order valence-electron chi connectivity index (χ3n) is 0. The first-order valence-corrected chi connectivity index (χ1v) is 4.34. The zero-order chi connectivity index (χ0) is 9.00. The van der Waals surface area contributed by atoms with Crippen LogP contribution >= 0.6 is 7.82 Å². The zero-order valence-electron chi connectivity index (χ0n) is 6.24. The van der Waals surface area contributed by atoms with Crippen molar-refractivity contribution in [3.63, 3.8) is 0 Å². The van der Waals surface area contributed by atoms with E-state index in [0.717, 1.165) is 0 Å². The summed E-state index contributed by atoms with van der Waals surface area (Å²) in [5, 5.41) is 0. The summed E-state index contributed by atoms with van der Waals surface area (Å²) in [6.07, 6.45) is 0. The first-order valence-electron chi connectivity index (χ1n) is 1.45. The molecule has 12 heavy (non-hydrogen) atoms. The third-order valence-corrected chi connectivity index (χ3v) is 0. The van der Waals surface area contributed by atoms with Gasteiger partial charge in [0.15, 0.2) is 0 Å². The van der Waals surface area contributed by atoms with E-state index in [1.165, 1.54) is 0 Å². The van der Waals surface area contributed by atoms with Gasteiger partial charge in [0.2, 0.25) is 10.4 Å². The molecular weight excluding hydrogens is 457 g/mol. The smallest absolute Gasteiger partial charge is 0.756 e. The Labute approximate surface area is 187 Å². The summed E-state index contributed by atoms with van der Waals surface area (Å²) in [5.74, 6) is 0. The van der Waals surface area contributed by atoms with Gasteiger partial charge in [-0.25, -0.2) is 8.42 Å². The van der Waals surface area contributed by atoms with Crippen LogP contribution < -0.4 is 143 Å². The van der Waals surface area contributed by atoms with E-state index in [0.29, 0.717) is 0 Å². The van der Waals surface area contributed by atoms with Crippen LogP contribution in [0.25, 0.3) is 0 Å². The van der Waals surface area contributed by atoms with Crippen molar-refractivity contribution in [2.24, 2.45) is 0 Å². The summed E-state index contributed by atoms with van der Waals surface area (Å²) in [6.45, 7) is 0. The molecule has 64 valence electrons. The molecule has 8 nitrogen and oxygen atoms in total. The second kappa shape index (κ2) is 11.6. The Hall–Kier alpha value is 4.08. The molecular formula is H3Cs2O8PS. The van der Waals surface area contributed by atoms with Gasteiger partial charge in [0.1, 0.15) is 0 Å². The Morgan fingerprint density at radius 1 is 1.17 bits per heavy atom. The summed E-state index contributed by atoms with van der Waals surface area (Å²) in [6, 6.07) is 0. The minimum absolute atomic E-state index is 0. The van der Waals surface area contributed by atoms with E-state index in [9.17, 15) is 0 Å². The molecule has 0 aliphatic heterocycles. The number of rotatable bonds is 0. The first-order chi connectivity index (χ1) is 4.00. The predicted octanol–water partition coefficient (Wildman–Crippen LogP) is -8.55. The molecule has 0 atom stereocenters. The second-order valence-corrected chi connectivity index (χ2v) is 2.75. The molecule has 0 fully saturated rings. The Morgan fingerprint density at radius 2 is 1.17 bits per heavy atom. The van der Waals surface area contributed by atoms with Crippen LogP contribution in [-0.4, -0.2) is 27.3 Å². The van der Waals surface area contributed by atoms with Crippen molar-refractivity contribution in [2.45, 2.75) is 0 Å². The molecule has 0 rings (SSSR count). The van der Waals surface area contributed by atoms with Gasteiger partial charge in [0.05, 0.1) is 0 Å². The maximum absolute atomic E-state index is 8.77. The first kappa shape index (κ1) is 25.1. The van der Waals surface area contributed by atoms with Crippen LogP contribution in [0.5, 0.6) is 0 Å². The summed E-state index contributed by atoms with van der Waals surface area (Å²) in [4.78, 5) is 22.9. The minimum Gasteiger partial charge on any atom is -0.756 e. The second-order valence-electron chi connectivity index (χ2n) is 0.918. The van der Waals surface area contributed by atoms with E-state index in [1.807, 2.05) is 0 Å². The number of hydrogen-bond donors (Lipinski definition) is 3. The topological polar surface area (TPSA) is 158 Å². The fourth-order valence-electron chi connectivity index (χ4n) is 0. The van der Waals surface area contributed by atoms with Crippen LogP contribution in [0.2, 0.25) is 0 Å². The van der Waals surface area contributed by atoms with Crippen molar-refractivity contribution in [3.8, 4) is 0 Å². The van der Waals surface area contributed by atoms with Crippen LogP contribution in [0.4, 0.5) is 0 Å². The summed E-state index contributed by atoms with van der Waals surface area (Å²) in [7, 11) is -9.81. The number of hydrogen-bond acceptors (Lipinski definition) is 5. The van der Waals surface area contributed by atoms with Crippen molar-refractivity contribution in [1.82, 2.24) is 0 Å². The molecule has 0 aromatic rings. The summed E-state index contributed by atoms with van der Waals surface area (Å²) < 4.78 is 41.6. The Balaban J connectivity index is -0.0000000457. The molecule has 0 amide bonds. The molecule has 0 aliphatic rings. The van der Waals surface area contributed by atoms with Crippen molar-refractivity contribution in [3.05, 3.63) is 0 Å². The van der Waals surface area contributed by atoms with Crippen LogP contribution in [-0.2, 0) is 15.0 Å². The van der Waals surface area contributed by atoms with E-state index in [-0.39, 0.29) is 138 Å². The van der Waals surface area contributed by atoms with E-state index in [1.54, 1.807) is 0 Å².